The van der Waals surface area contributed by atoms with Crippen molar-refractivity contribution < 1.29 is 20.1 Å². The van der Waals surface area contributed by atoms with Crippen LogP contribution >= 0.6 is 0 Å². The van der Waals surface area contributed by atoms with Gasteiger partial charge in [-0.05, 0) is 5.56 Å². The predicted octanol–water partition coefficient (Wildman–Crippen LogP) is 1.12. The third kappa shape index (κ3) is 3.11. The first kappa shape index (κ1) is 11.3. The number of carboxylic acid groups (broad SMARTS) is 1. The summed E-state index contributed by atoms with van der Waals surface area (Å²) in [6.45, 7) is -0.658. The maximum absolute atomic E-state index is 10.8. The Morgan fingerprint density at radius 1 is 1.13 bits per heavy atom. The van der Waals surface area contributed by atoms with Crippen molar-refractivity contribution in [2.24, 2.45) is 0 Å². The second-order valence-electron chi connectivity index (χ2n) is 3.05. The molecule has 0 heterocycles. The van der Waals surface area contributed by atoms with Gasteiger partial charge in [-0.25, -0.2) is 4.79 Å². The van der Waals surface area contributed by atoms with Gasteiger partial charge < -0.3 is 15.3 Å². The zero-order valence-electron chi connectivity index (χ0n) is 8.05. The van der Waals surface area contributed by atoms with Gasteiger partial charge in [0.05, 0.1) is 5.57 Å². The molecule has 0 fully saturated rings. The number of carbonyl (C=O) groups is 1. The summed E-state index contributed by atoms with van der Waals surface area (Å²) < 4.78 is 0. The summed E-state index contributed by atoms with van der Waals surface area (Å²) in [5.41, 5.74) is 0.596. The molecule has 3 N–H and O–H groups in total. The molecule has 1 aromatic carbocycles. The molecule has 0 saturated heterocycles. The van der Waals surface area contributed by atoms with E-state index in [2.05, 4.69) is 0 Å². The van der Waals surface area contributed by atoms with Crippen molar-refractivity contribution in [2.45, 2.75) is 6.42 Å². The molecule has 1 rings (SSSR count). The lowest BCUT2D eigenvalue weighted by atomic mass is 10.0. The second-order valence-corrected chi connectivity index (χ2v) is 3.05. The summed E-state index contributed by atoms with van der Waals surface area (Å²) in [6.07, 6.45) is 0.0998. The molecule has 0 aliphatic rings. The molecule has 0 aromatic heterocycles. The van der Waals surface area contributed by atoms with Crippen molar-refractivity contribution in [2.75, 3.05) is 6.61 Å². The predicted molar refractivity (Wildman–Crippen MR) is 54.5 cm³/mol. The monoisotopic (exact) mass is 208 g/mol. The molecule has 0 saturated carbocycles. The molecule has 15 heavy (non-hydrogen) atoms. The smallest absolute Gasteiger partial charge is 0.335 e. The molecule has 0 atom stereocenters. The van der Waals surface area contributed by atoms with Crippen LogP contribution in [0.1, 0.15) is 5.56 Å². The Kier molecular flexibility index (Phi) is 3.88. The Bertz CT molecular complexity index is 367. The van der Waals surface area contributed by atoms with Crippen LogP contribution in [0.5, 0.6) is 0 Å². The van der Waals surface area contributed by atoms with E-state index in [0.29, 0.717) is 0 Å². The van der Waals surface area contributed by atoms with Crippen LogP contribution in [-0.2, 0) is 11.2 Å². The number of hydrogen-bond donors (Lipinski definition) is 3. The topological polar surface area (TPSA) is 77.8 Å². The van der Waals surface area contributed by atoms with Crippen LogP contribution in [0.15, 0.2) is 41.7 Å². The minimum absolute atomic E-state index is 0.0998. The normalized spacial score (nSPS) is 12.1. The Morgan fingerprint density at radius 3 is 2.20 bits per heavy atom. The van der Waals surface area contributed by atoms with Crippen LogP contribution in [0.3, 0.4) is 0 Å². The molecule has 0 bridgehead atoms. The molecule has 80 valence electrons. The number of aliphatic hydroxyl groups excluding tert-OH is 2. The van der Waals surface area contributed by atoms with Gasteiger partial charge in [0.15, 0.2) is 0 Å². The SMILES string of the molecule is O=C(O)/C(Cc1ccccc1)=C(\O)CO. The molecule has 0 spiro atoms. The third-order valence-corrected chi connectivity index (χ3v) is 1.98. The maximum Gasteiger partial charge on any atom is 0.335 e. The summed E-state index contributed by atoms with van der Waals surface area (Å²) in [6, 6.07) is 8.90. The number of carboxylic acids is 1. The average molecular weight is 208 g/mol. The maximum atomic E-state index is 10.8. The minimum atomic E-state index is -1.22. The van der Waals surface area contributed by atoms with E-state index in [0.717, 1.165) is 5.56 Å². The molecule has 0 aliphatic carbocycles. The summed E-state index contributed by atoms with van der Waals surface area (Å²) in [7, 11) is 0. The molecule has 0 amide bonds. The first-order chi connectivity index (χ1) is 7.15. The van der Waals surface area contributed by atoms with Crippen molar-refractivity contribution in [1.29, 1.82) is 0 Å². The van der Waals surface area contributed by atoms with E-state index in [-0.39, 0.29) is 12.0 Å². The fraction of sp³-hybridized carbons (Fsp3) is 0.182. The van der Waals surface area contributed by atoms with Crippen molar-refractivity contribution in [3.05, 3.63) is 47.2 Å². The van der Waals surface area contributed by atoms with Crippen LogP contribution in [0.4, 0.5) is 0 Å². The van der Waals surface area contributed by atoms with E-state index >= 15 is 0 Å². The van der Waals surface area contributed by atoms with Crippen molar-refractivity contribution in [3.8, 4) is 0 Å². The molecular weight excluding hydrogens is 196 g/mol. The third-order valence-electron chi connectivity index (χ3n) is 1.98. The number of hydrogen-bond acceptors (Lipinski definition) is 3. The van der Waals surface area contributed by atoms with Crippen LogP contribution in [-0.4, -0.2) is 27.9 Å². The van der Waals surface area contributed by atoms with E-state index < -0.39 is 18.3 Å². The zero-order valence-corrected chi connectivity index (χ0v) is 8.05. The van der Waals surface area contributed by atoms with Gasteiger partial charge in [0.25, 0.3) is 0 Å². The van der Waals surface area contributed by atoms with E-state index in [9.17, 15) is 9.90 Å². The second kappa shape index (κ2) is 5.17. The molecule has 1 aromatic rings. The highest BCUT2D eigenvalue weighted by atomic mass is 16.4. The summed E-state index contributed by atoms with van der Waals surface area (Å²) >= 11 is 0. The zero-order chi connectivity index (χ0) is 11.3. The molecule has 4 nitrogen and oxygen atoms in total. The fourth-order valence-electron chi connectivity index (χ4n) is 1.20. The number of aliphatic carboxylic acids is 1. The molecule has 0 radical (unpaired) electrons. The lowest BCUT2D eigenvalue weighted by Crippen LogP contribution is -2.09. The lowest BCUT2D eigenvalue weighted by molar-refractivity contribution is -0.133. The quantitative estimate of drug-likeness (QED) is 0.511. The highest BCUT2D eigenvalue weighted by molar-refractivity contribution is 5.87. The number of rotatable bonds is 4. The molecule has 0 aliphatic heterocycles. The standard InChI is InChI=1S/C11H12O4/c12-7-10(13)9(11(14)15)6-8-4-2-1-3-5-8/h1-5,12-13H,6-7H2,(H,14,15)/b10-9-. The Balaban J connectivity index is 2.91. The minimum Gasteiger partial charge on any atom is -0.509 e. The van der Waals surface area contributed by atoms with E-state index in [1.165, 1.54) is 0 Å². The molecular formula is C11H12O4. The van der Waals surface area contributed by atoms with Crippen LogP contribution in [0.2, 0.25) is 0 Å². The largest absolute Gasteiger partial charge is 0.509 e. The lowest BCUT2D eigenvalue weighted by Gasteiger charge is -2.04. The summed E-state index contributed by atoms with van der Waals surface area (Å²) in [5, 5.41) is 26.7. The summed E-state index contributed by atoms with van der Waals surface area (Å²) in [5.74, 6) is -1.71. The first-order valence-electron chi connectivity index (χ1n) is 4.44. The van der Waals surface area contributed by atoms with Gasteiger partial charge in [0.1, 0.15) is 12.4 Å². The summed E-state index contributed by atoms with van der Waals surface area (Å²) in [4.78, 5) is 10.8. The van der Waals surface area contributed by atoms with Gasteiger partial charge in [-0.15, -0.1) is 0 Å². The van der Waals surface area contributed by atoms with Gasteiger partial charge in [0, 0.05) is 6.42 Å². The van der Waals surface area contributed by atoms with Crippen molar-refractivity contribution in [3.63, 3.8) is 0 Å². The van der Waals surface area contributed by atoms with Crippen LogP contribution in [0, 0.1) is 0 Å². The Labute approximate surface area is 87.1 Å². The van der Waals surface area contributed by atoms with Crippen molar-refractivity contribution >= 4 is 5.97 Å². The van der Waals surface area contributed by atoms with E-state index in [4.69, 9.17) is 10.2 Å². The highest BCUT2D eigenvalue weighted by Crippen LogP contribution is 2.11. The first-order valence-corrected chi connectivity index (χ1v) is 4.44. The average Bonchev–Trinajstić information content (AvgIpc) is 2.26. The van der Waals surface area contributed by atoms with Gasteiger partial charge in [-0.1, -0.05) is 30.3 Å². The van der Waals surface area contributed by atoms with Crippen molar-refractivity contribution in [1.82, 2.24) is 0 Å². The van der Waals surface area contributed by atoms with Gasteiger partial charge in [-0.2, -0.15) is 0 Å². The van der Waals surface area contributed by atoms with Crippen LogP contribution < -0.4 is 0 Å². The van der Waals surface area contributed by atoms with Gasteiger partial charge >= 0.3 is 5.97 Å². The molecule has 0 unspecified atom stereocenters. The fourth-order valence-corrected chi connectivity index (χ4v) is 1.20. The highest BCUT2D eigenvalue weighted by Gasteiger charge is 2.13. The van der Waals surface area contributed by atoms with E-state index in [1.54, 1.807) is 24.3 Å². The van der Waals surface area contributed by atoms with Gasteiger partial charge in [-0.3, -0.25) is 0 Å². The van der Waals surface area contributed by atoms with E-state index in [1.807, 2.05) is 6.07 Å². The van der Waals surface area contributed by atoms with Gasteiger partial charge in [0.2, 0.25) is 0 Å². The Morgan fingerprint density at radius 2 is 1.73 bits per heavy atom. The Hall–Kier alpha value is -1.81. The number of aliphatic hydroxyl groups is 2. The number of benzene rings is 1. The van der Waals surface area contributed by atoms with Crippen LogP contribution in [0.25, 0.3) is 0 Å². The molecule has 4 heteroatoms.